The van der Waals surface area contributed by atoms with Crippen LogP contribution in [0.3, 0.4) is 0 Å². The van der Waals surface area contributed by atoms with Gasteiger partial charge in [-0.05, 0) is 49.9 Å². The third-order valence-corrected chi connectivity index (χ3v) is 5.34. The van der Waals surface area contributed by atoms with E-state index in [-0.39, 0.29) is 30.0 Å². The molecule has 0 spiro atoms. The molecule has 7 heteroatoms. The highest BCUT2D eigenvalue weighted by Gasteiger charge is 2.40. The van der Waals surface area contributed by atoms with Crippen molar-refractivity contribution in [1.82, 2.24) is 4.90 Å². The van der Waals surface area contributed by atoms with Gasteiger partial charge in [0.15, 0.2) is 5.78 Å². The van der Waals surface area contributed by atoms with Crippen LogP contribution in [-0.4, -0.2) is 55.5 Å². The molecule has 2 fully saturated rings. The molecule has 2 saturated heterocycles. The van der Waals surface area contributed by atoms with Crippen molar-refractivity contribution in [3.05, 3.63) is 29.8 Å². The Morgan fingerprint density at radius 1 is 1.15 bits per heavy atom. The Balaban J connectivity index is 0.00000243. The minimum Gasteiger partial charge on any atom is -0.497 e. The Morgan fingerprint density at radius 3 is 2.27 bits per heavy atom. The van der Waals surface area contributed by atoms with Crippen LogP contribution in [0.4, 0.5) is 0 Å². The van der Waals surface area contributed by atoms with Crippen molar-refractivity contribution >= 4 is 24.1 Å². The summed E-state index contributed by atoms with van der Waals surface area (Å²) in [6, 6.07) is 7.20. The molecule has 0 aromatic heterocycles. The summed E-state index contributed by atoms with van der Waals surface area (Å²) in [5.41, 5.74) is 6.20. The summed E-state index contributed by atoms with van der Waals surface area (Å²) < 4.78 is 10.4. The van der Waals surface area contributed by atoms with Crippen LogP contribution in [-0.2, 0) is 9.53 Å². The smallest absolute Gasteiger partial charge is 0.242 e. The average Bonchev–Trinajstić information content (AvgIpc) is 2.67. The highest BCUT2D eigenvalue weighted by atomic mass is 35.5. The van der Waals surface area contributed by atoms with E-state index in [4.69, 9.17) is 15.2 Å². The van der Waals surface area contributed by atoms with Gasteiger partial charge in [0.1, 0.15) is 5.75 Å². The summed E-state index contributed by atoms with van der Waals surface area (Å²) in [6.45, 7) is 2.25. The van der Waals surface area contributed by atoms with Gasteiger partial charge >= 0.3 is 0 Å². The number of benzene rings is 1. The van der Waals surface area contributed by atoms with E-state index in [9.17, 15) is 9.59 Å². The molecule has 26 heavy (non-hydrogen) atoms. The number of ketones is 1. The molecule has 3 rings (SSSR count). The number of likely N-dealkylation sites (tertiary alicyclic amines) is 1. The van der Waals surface area contributed by atoms with Gasteiger partial charge in [-0.2, -0.15) is 0 Å². The lowest BCUT2D eigenvalue weighted by molar-refractivity contribution is -0.141. The monoisotopic (exact) mass is 382 g/mol. The number of halogens is 1. The summed E-state index contributed by atoms with van der Waals surface area (Å²) in [4.78, 5) is 27.2. The zero-order valence-corrected chi connectivity index (χ0v) is 15.9. The molecule has 1 aromatic rings. The van der Waals surface area contributed by atoms with E-state index in [0.29, 0.717) is 57.6 Å². The highest BCUT2D eigenvalue weighted by molar-refractivity contribution is 5.98. The summed E-state index contributed by atoms with van der Waals surface area (Å²) >= 11 is 0. The van der Waals surface area contributed by atoms with Crippen LogP contribution in [0, 0.1) is 5.92 Å². The van der Waals surface area contributed by atoms with Crippen LogP contribution >= 0.6 is 12.4 Å². The minimum absolute atomic E-state index is 0. The lowest BCUT2D eigenvalue weighted by Crippen LogP contribution is -2.59. The van der Waals surface area contributed by atoms with Crippen molar-refractivity contribution in [2.75, 3.05) is 33.4 Å². The van der Waals surface area contributed by atoms with E-state index in [1.807, 2.05) is 4.90 Å². The van der Waals surface area contributed by atoms with Crippen LogP contribution in [0.1, 0.15) is 36.0 Å². The lowest BCUT2D eigenvalue weighted by Gasteiger charge is -2.39. The molecule has 0 aliphatic carbocycles. The zero-order chi connectivity index (χ0) is 17.9. The first-order chi connectivity index (χ1) is 12.0. The zero-order valence-electron chi connectivity index (χ0n) is 15.1. The molecular weight excluding hydrogens is 356 g/mol. The molecule has 6 nitrogen and oxygen atoms in total. The number of nitrogens with zero attached hydrogens (tertiary/aromatic N) is 1. The number of amides is 1. The quantitative estimate of drug-likeness (QED) is 0.806. The van der Waals surface area contributed by atoms with Crippen molar-refractivity contribution in [3.8, 4) is 5.75 Å². The maximum absolute atomic E-state index is 12.7. The number of hydrogen-bond donors (Lipinski definition) is 1. The summed E-state index contributed by atoms with van der Waals surface area (Å²) in [7, 11) is 1.60. The molecule has 1 aromatic carbocycles. The van der Waals surface area contributed by atoms with E-state index in [1.165, 1.54) is 0 Å². The predicted octanol–water partition coefficient (Wildman–Crippen LogP) is 2.05. The number of Topliss-reactive ketones (excluding diaryl/α,β-unsaturated/α-hetero) is 1. The van der Waals surface area contributed by atoms with Crippen LogP contribution in [0.25, 0.3) is 0 Å². The Hall–Kier alpha value is -1.63. The number of nitrogens with two attached hydrogens (primary N) is 1. The Morgan fingerprint density at radius 2 is 1.73 bits per heavy atom. The Kier molecular flexibility index (Phi) is 7.03. The number of carbonyl (C=O) groups excluding carboxylic acids is 2. The fourth-order valence-electron chi connectivity index (χ4n) is 3.60. The van der Waals surface area contributed by atoms with E-state index in [0.717, 1.165) is 5.75 Å². The van der Waals surface area contributed by atoms with E-state index >= 15 is 0 Å². The Labute approximate surface area is 160 Å². The number of piperidine rings is 1. The first kappa shape index (κ1) is 20.7. The second kappa shape index (κ2) is 8.84. The van der Waals surface area contributed by atoms with E-state index in [2.05, 4.69) is 0 Å². The van der Waals surface area contributed by atoms with Gasteiger partial charge in [-0.3, -0.25) is 9.59 Å². The SMILES string of the molecule is COc1ccc(C(=O)C2CCN(C(=O)C3(N)CCOCC3)CC2)cc1.Cl. The van der Waals surface area contributed by atoms with E-state index < -0.39 is 5.54 Å². The Bertz CT molecular complexity index is 621. The van der Waals surface area contributed by atoms with Crippen molar-refractivity contribution in [2.45, 2.75) is 31.2 Å². The predicted molar refractivity (Wildman–Crippen MR) is 101 cm³/mol. The number of ether oxygens (including phenoxy) is 2. The highest BCUT2D eigenvalue weighted by Crippen LogP contribution is 2.27. The van der Waals surface area contributed by atoms with Crippen molar-refractivity contribution in [2.24, 2.45) is 11.7 Å². The van der Waals surface area contributed by atoms with Gasteiger partial charge < -0.3 is 20.1 Å². The normalized spacial score (nSPS) is 20.2. The fraction of sp³-hybridized carbons (Fsp3) is 0.579. The van der Waals surface area contributed by atoms with Gasteiger partial charge in [-0.25, -0.2) is 0 Å². The second-order valence-corrected chi connectivity index (χ2v) is 6.93. The average molecular weight is 383 g/mol. The largest absolute Gasteiger partial charge is 0.497 e. The topological polar surface area (TPSA) is 81.9 Å². The number of rotatable bonds is 4. The van der Waals surface area contributed by atoms with Gasteiger partial charge in [0.25, 0.3) is 0 Å². The van der Waals surface area contributed by atoms with Crippen molar-refractivity contribution in [1.29, 1.82) is 0 Å². The van der Waals surface area contributed by atoms with Crippen LogP contribution < -0.4 is 10.5 Å². The molecule has 2 heterocycles. The van der Waals surface area contributed by atoms with Gasteiger partial charge in [0.2, 0.25) is 5.91 Å². The molecule has 2 aliphatic rings. The molecular formula is C19H27ClN2O4. The maximum Gasteiger partial charge on any atom is 0.242 e. The number of hydrogen-bond acceptors (Lipinski definition) is 5. The molecule has 2 aliphatic heterocycles. The van der Waals surface area contributed by atoms with Crippen molar-refractivity contribution in [3.63, 3.8) is 0 Å². The van der Waals surface area contributed by atoms with Gasteiger partial charge in [-0.15, -0.1) is 12.4 Å². The van der Waals surface area contributed by atoms with Crippen LogP contribution in [0.15, 0.2) is 24.3 Å². The van der Waals surface area contributed by atoms with E-state index in [1.54, 1.807) is 31.4 Å². The fourth-order valence-corrected chi connectivity index (χ4v) is 3.60. The lowest BCUT2D eigenvalue weighted by atomic mass is 9.86. The molecule has 0 bridgehead atoms. The molecule has 144 valence electrons. The van der Waals surface area contributed by atoms with Crippen LogP contribution in [0.2, 0.25) is 0 Å². The third-order valence-electron chi connectivity index (χ3n) is 5.34. The minimum atomic E-state index is -0.801. The van der Waals surface area contributed by atoms with Gasteiger partial charge in [0.05, 0.1) is 12.6 Å². The molecule has 0 unspecified atom stereocenters. The van der Waals surface area contributed by atoms with Gasteiger partial charge in [-0.1, -0.05) is 0 Å². The summed E-state index contributed by atoms with van der Waals surface area (Å²) in [6.07, 6.45) is 2.50. The molecule has 0 radical (unpaired) electrons. The first-order valence-electron chi connectivity index (χ1n) is 8.88. The molecule has 0 atom stereocenters. The first-order valence-corrected chi connectivity index (χ1v) is 8.88. The molecule has 1 amide bonds. The number of methoxy groups -OCH3 is 1. The summed E-state index contributed by atoms with van der Waals surface area (Å²) in [5.74, 6) is 0.844. The number of carbonyl (C=O) groups is 2. The maximum atomic E-state index is 12.7. The second-order valence-electron chi connectivity index (χ2n) is 6.93. The van der Waals surface area contributed by atoms with Crippen molar-refractivity contribution < 1.29 is 19.1 Å². The third kappa shape index (κ3) is 4.37. The van der Waals surface area contributed by atoms with Gasteiger partial charge in [0, 0.05) is 37.8 Å². The summed E-state index contributed by atoms with van der Waals surface area (Å²) in [5, 5.41) is 0. The standard InChI is InChI=1S/C19H26N2O4.ClH/c1-24-16-4-2-14(3-5-16)17(22)15-6-10-21(11-7-15)18(23)19(20)8-12-25-13-9-19;/h2-5,15H,6-13,20H2,1H3;1H. The molecule has 2 N–H and O–H groups in total. The van der Waals surface area contributed by atoms with Crippen LogP contribution in [0.5, 0.6) is 5.75 Å². The molecule has 0 saturated carbocycles.